The van der Waals surface area contributed by atoms with E-state index in [0.29, 0.717) is 18.3 Å². The Hall–Kier alpha value is -1.56. The van der Waals surface area contributed by atoms with Crippen LogP contribution in [0.3, 0.4) is 0 Å². The molecule has 0 saturated carbocycles. The number of carbonyl (C=O) groups excluding carboxylic acids is 1. The van der Waals surface area contributed by atoms with Crippen LogP contribution in [0.5, 0.6) is 0 Å². The van der Waals surface area contributed by atoms with Crippen molar-refractivity contribution in [2.75, 3.05) is 33.2 Å². The minimum atomic E-state index is 0.154. The number of hydrogen-bond donors (Lipinski definition) is 2. The van der Waals surface area contributed by atoms with Gasteiger partial charge in [0.2, 0.25) is 5.91 Å². The Morgan fingerprint density at radius 1 is 1.44 bits per heavy atom. The number of nitrogens with one attached hydrogen (secondary N) is 2. The maximum Gasteiger partial charge on any atom is 0.220 e. The van der Waals surface area contributed by atoms with E-state index >= 15 is 0 Å². The second-order valence-electron chi connectivity index (χ2n) is 6.89. The van der Waals surface area contributed by atoms with Crippen LogP contribution in [0, 0.1) is 11.8 Å². The van der Waals surface area contributed by atoms with Crippen molar-refractivity contribution in [3.63, 3.8) is 0 Å². The van der Waals surface area contributed by atoms with Crippen LogP contribution in [0.25, 0.3) is 0 Å². The number of carbonyl (C=O) groups is 1. The molecule has 1 unspecified atom stereocenters. The molecule has 2 rings (SSSR count). The number of aliphatic imine (C=N–C) groups is 1. The van der Waals surface area contributed by atoms with Gasteiger partial charge in [-0.3, -0.25) is 9.79 Å². The number of nitrogens with zero attached hydrogens (tertiary/aromatic N) is 2. The van der Waals surface area contributed by atoms with Crippen molar-refractivity contribution in [2.45, 2.75) is 39.5 Å². The van der Waals surface area contributed by atoms with Gasteiger partial charge >= 0.3 is 0 Å². The standard InChI is InChI=1S/C19H32N4OS/c1-4-21-19(22-14-15(2)12-17-6-5-11-25-17)23-9-7-16(8-10-23)13-18(24)20-3/h5-6,11,15-16H,4,7-10,12-14H2,1-3H3,(H,20,24)(H,21,22). The van der Waals surface area contributed by atoms with E-state index < -0.39 is 0 Å². The summed E-state index contributed by atoms with van der Waals surface area (Å²) in [7, 11) is 1.71. The van der Waals surface area contributed by atoms with Crippen molar-refractivity contribution in [3.8, 4) is 0 Å². The first kappa shape index (κ1) is 19.8. The third kappa shape index (κ3) is 6.69. The molecule has 6 heteroatoms. The first-order valence-corrected chi connectivity index (χ1v) is 10.3. The summed E-state index contributed by atoms with van der Waals surface area (Å²) in [6, 6.07) is 4.32. The summed E-state index contributed by atoms with van der Waals surface area (Å²) in [5.74, 6) is 2.22. The van der Waals surface area contributed by atoms with Gasteiger partial charge in [-0.1, -0.05) is 13.0 Å². The number of rotatable bonds is 7. The lowest BCUT2D eigenvalue weighted by Gasteiger charge is -2.34. The minimum absolute atomic E-state index is 0.154. The van der Waals surface area contributed by atoms with Crippen LogP contribution in [-0.2, 0) is 11.2 Å². The summed E-state index contributed by atoms with van der Waals surface area (Å²) in [5, 5.41) is 8.30. The Kier molecular flexibility index (Phi) is 8.25. The van der Waals surface area contributed by atoms with Gasteiger partial charge in [-0.05, 0) is 49.5 Å². The minimum Gasteiger partial charge on any atom is -0.359 e. The van der Waals surface area contributed by atoms with E-state index in [1.807, 2.05) is 11.3 Å². The van der Waals surface area contributed by atoms with Gasteiger partial charge in [0.05, 0.1) is 0 Å². The van der Waals surface area contributed by atoms with E-state index in [1.54, 1.807) is 7.05 Å². The Balaban J connectivity index is 1.84. The van der Waals surface area contributed by atoms with Crippen LogP contribution in [0.2, 0.25) is 0 Å². The van der Waals surface area contributed by atoms with Crippen molar-refractivity contribution in [3.05, 3.63) is 22.4 Å². The molecule has 1 fully saturated rings. The molecule has 1 atom stereocenters. The Morgan fingerprint density at radius 2 is 2.20 bits per heavy atom. The van der Waals surface area contributed by atoms with E-state index in [9.17, 15) is 4.79 Å². The smallest absolute Gasteiger partial charge is 0.220 e. The molecule has 1 aromatic rings. The zero-order valence-electron chi connectivity index (χ0n) is 15.8. The van der Waals surface area contributed by atoms with E-state index in [0.717, 1.165) is 51.4 Å². The molecule has 1 amide bonds. The molecule has 1 aliphatic heterocycles. The highest BCUT2D eigenvalue weighted by Gasteiger charge is 2.23. The molecule has 2 heterocycles. The SMILES string of the molecule is CCNC(=NCC(C)Cc1cccs1)N1CCC(CC(=O)NC)CC1. The molecule has 25 heavy (non-hydrogen) atoms. The lowest BCUT2D eigenvalue weighted by atomic mass is 9.93. The van der Waals surface area contributed by atoms with Crippen molar-refractivity contribution in [1.82, 2.24) is 15.5 Å². The van der Waals surface area contributed by atoms with Crippen LogP contribution in [0.1, 0.15) is 38.0 Å². The van der Waals surface area contributed by atoms with Gasteiger partial charge in [-0.15, -0.1) is 11.3 Å². The van der Waals surface area contributed by atoms with Crippen LogP contribution in [0.4, 0.5) is 0 Å². The number of hydrogen-bond acceptors (Lipinski definition) is 3. The monoisotopic (exact) mass is 364 g/mol. The maximum absolute atomic E-state index is 11.5. The highest BCUT2D eigenvalue weighted by atomic mass is 32.1. The largest absolute Gasteiger partial charge is 0.359 e. The molecule has 0 aliphatic carbocycles. The second kappa shape index (κ2) is 10.4. The highest BCUT2D eigenvalue weighted by Crippen LogP contribution is 2.21. The Bertz CT molecular complexity index is 536. The summed E-state index contributed by atoms with van der Waals surface area (Å²) in [5.41, 5.74) is 0. The van der Waals surface area contributed by atoms with Crippen LogP contribution < -0.4 is 10.6 Å². The van der Waals surface area contributed by atoms with Gasteiger partial charge in [0, 0.05) is 44.5 Å². The van der Waals surface area contributed by atoms with Gasteiger partial charge < -0.3 is 15.5 Å². The predicted octanol–water partition coefficient (Wildman–Crippen LogP) is 2.74. The zero-order valence-corrected chi connectivity index (χ0v) is 16.6. The van der Waals surface area contributed by atoms with Gasteiger partial charge in [0.25, 0.3) is 0 Å². The summed E-state index contributed by atoms with van der Waals surface area (Å²) in [6.45, 7) is 8.07. The lowest BCUT2D eigenvalue weighted by molar-refractivity contribution is -0.121. The summed E-state index contributed by atoms with van der Waals surface area (Å²) < 4.78 is 0. The van der Waals surface area contributed by atoms with Gasteiger partial charge in [-0.25, -0.2) is 0 Å². The number of likely N-dealkylation sites (tertiary alicyclic amines) is 1. The van der Waals surface area contributed by atoms with E-state index in [1.165, 1.54) is 4.88 Å². The molecule has 140 valence electrons. The molecule has 1 aromatic heterocycles. The molecule has 0 bridgehead atoms. The quantitative estimate of drug-likeness (QED) is 0.578. The summed E-state index contributed by atoms with van der Waals surface area (Å²) in [4.78, 5) is 20.2. The number of thiophene rings is 1. The fourth-order valence-corrected chi connectivity index (χ4v) is 4.09. The third-order valence-electron chi connectivity index (χ3n) is 4.68. The zero-order chi connectivity index (χ0) is 18.1. The predicted molar refractivity (Wildman–Crippen MR) is 106 cm³/mol. The number of piperidine rings is 1. The van der Waals surface area contributed by atoms with Crippen LogP contribution in [0.15, 0.2) is 22.5 Å². The average Bonchev–Trinajstić information content (AvgIpc) is 3.12. The molecular weight excluding hydrogens is 332 g/mol. The first-order valence-electron chi connectivity index (χ1n) is 9.38. The van der Waals surface area contributed by atoms with Crippen LogP contribution >= 0.6 is 11.3 Å². The molecule has 1 aliphatic rings. The fraction of sp³-hybridized carbons (Fsp3) is 0.684. The Labute approximate surface area is 155 Å². The topological polar surface area (TPSA) is 56.7 Å². The second-order valence-corrected chi connectivity index (χ2v) is 7.92. The van der Waals surface area contributed by atoms with Crippen LogP contribution in [-0.4, -0.2) is 50.0 Å². The average molecular weight is 365 g/mol. The molecule has 0 radical (unpaired) electrons. The van der Waals surface area contributed by atoms with E-state index in [2.05, 4.69) is 46.9 Å². The van der Waals surface area contributed by atoms with Crippen molar-refractivity contribution >= 4 is 23.2 Å². The summed E-state index contributed by atoms with van der Waals surface area (Å²) >= 11 is 1.82. The van der Waals surface area contributed by atoms with Crippen molar-refractivity contribution < 1.29 is 4.79 Å². The number of amides is 1. The van der Waals surface area contributed by atoms with Gasteiger partial charge in [0.1, 0.15) is 0 Å². The van der Waals surface area contributed by atoms with Crippen molar-refractivity contribution in [2.24, 2.45) is 16.8 Å². The van der Waals surface area contributed by atoms with Gasteiger partial charge in [-0.2, -0.15) is 0 Å². The molecule has 0 spiro atoms. The molecule has 2 N–H and O–H groups in total. The normalized spacial score (nSPS) is 17.4. The molecule has 0 aromatic carbocycles. The Morgan fingerprint density at radius 3 is 2.80 bits per heavy atom. The van der Waals surface area contributed by atoms with E-state index in [4.69, 9.17) is 4.99 Å². The molecule has 1 saturated heterocycles. The van der Waals surface area contributed by atoms with Gasteiger partial charge in [0.15, 0.2) is 5.96 Å². The lowest BCUT2D eigenvalue weighted by Crippen LogP contribution is -2.46. The van der Waals surface area contributed by atoms with E-state index in [-0.39, 0.29) is 5.91 Å². The third-order valence-corrected chi connectivity index (χ3v) is 5.58. The molecular formula is C19H32N4OS. The molecule has 5 nitrogen and oxygen atoms in total. The number of guanidine groups is 1. The highest BCUT2D eigenvalue weighted by molar-refractivity contribution is 7.09. The summed E-state index contributed by atoms with van der Waals surface area (Å²) in [6.07, 6.45) is 3.86. The van der Waals surface area contributed by atoms with Crippen molar-refractivity contribution in [1.29, 1.82) is 0 Å². The fourth-order valence-electron chi connectivity index (χ4n) is 3.22. The first-order chi connectivity index (χ1) is 12.1. The maximum atomic E-state index is 11.5.